The first-order valence-electron chi connectivity index (χ1n) is 6.72. The molecule has 0 saturated carbocycles. The molecule has 0 fully saturated rings. The summed E-state index contributed by atoms with van der Waals surface area (Å²) < 4.78 is 39.0. The second-order valence-corrected chi connectivity index (χ2v) is 5.99. The number of hydrogen-bond donors (Lipinski definition) is 1. The van der Waals surface area contributed by atoms with Gasteiger partial charge in [-0.25, -0.2) is 4.98 Å². The molecule has 0 unspecified atom stereocenters. The molecule has 114 valence electrons. The monoisotopic (exact) mass is 314 g/mol. The Labute approximate surface area is 126 Å². The third-order valence-electron chi connectivity index (χ3n) is 2.98. The standard InChI is InChI=1S/C15H17F3N2S/c1-3-19-9-12-14(15(16,17)18)20-13(21-12)8-11-6-4-5-10(2)7-11/h4-7,19H,3,8-9H2,1-2H3. The predicted octanol–water partition coefficient (Wildman–Crippen LogP) is 4.17. The normalized spacial score (nSPS) is 11.9. The molecule has 0 spiro atoms. The highest BCUT2D eigenvalue weighted by Gasteiger charge is 2.37. The van der Waals surface area contributed by atoms with Gasteiger partial charge in [0.05, 0.1) is 9.88 Å². The van der Waals surface area contributed by atoms with Crippen molar-refractivity contribution in [2.24, 2.45) is 0 Å². The van der Waals surface area contributed by atoms with E-state index in [1.807, 2.05) is 38.1 Å². The Kier molecular flexibility index (Phi) is 5.00. The van der Waals surface area contributed by atoms with Gasteiger partial charge in [0.1, 0.15) is 0 Å². The lowest BCUT2D eigenvalue weighted by atomic mass is 10.1. The van der Waals surface area contributed by atoms with Crippen molar-refractivity contribution in [2.45, 2.75) is 33.0 Å². The topological polar surface area (TPSA) is 24.9 Å². The Morgan fingerprint density at radius 1 is 1.29 bits per heavy atom. The minimum Gasteiger partial charge on any atom is -0.312 e. The summed E-state index contributed by atoms with van der Waals surface area (Å²) in [6.45, 7) is 4.66. The second kappa shape index (κ2) is 6.58. The minimum atomic E-state index is -4.40. The number of aromatic nitrogens is 1. The molecular weight excluding hydrogens is 297 g/mol. The van der Waals surface area contributed by atoms with Crippen molar-refractivity contribution < 1.29 is 13.2 Å². The molecule has 2 aromatic rings. The van der Waals surface area contributed by atoms with Gasteiger partial charge in [0, 0.05) is 13.0 Å². The SMILES string of the molecule is CCNCc1sc(Cc2cccc(C)c2)nc1C(F)(F)F. The first-order valence-corrected chi connectivity index (χ1v) is 7.54. The van der Waals surface area contributed by atoms with Crippen molar-refractivity contribution >= 4 is 11.3 Å². The van der Waals surface area contributed by atoms with E-state index in [1.165, 1.54) is 0 Å². The van der Waals surface area contributed by atoms with Crippen molar-refractivity contribution in [1.82, 2.24) is 10.3 Å². The van der Waals surface area contributed by atoms with E-state index in [9.17, 15) is 13.2 Å². The molecule has 0 aliphatic carbocycles. The van der Waals surface area contributed by atoms with Gasteiger partial charge in [-0.05, 0) is 19.0 Å². The average Bonchev–Trinajstić information content (AvgIpc) is 2.79. The second-order valence-electron chi connectivity index (χ2n) is 4.82. The Hall–Kier alpha value is -1.40. The molecule has 2 rings (SSSR count). The molecular formula is C15H17F3N2S. The van der Waals surface area contributed by atoms with Crippen LogP contribution in [0.25, 0.3) is 0 Å². The van der Waals surface area contributed by atoms with Crippen LogP contribution < -0.4 is 5.32 Å². The van der Waals surface area contributed by atoms with E-state index in [-0.39, 0.29) is 11.4 Å². The smallest absolute Gasteiger partial charge is 0.312 e. The molecule has 0 bridgehead atoms. The number of alkyl halides is 3. The maximum absolute atomic E-state index is 13.0. The lowest BCUT2D eigenvalue weighted by Gasteiger charge is -2.05. The van der Waals surface area contributed by atoms with Crippen LogP contribution in [0.5, 0.6) is 0 Å². The van der Waals surface area contributed by atoms with Gasteiger partial charge >= 0.3 is 6.18 Å². The number of hydrogen-bond acceptors (Lipinski definition) is 3. The van der Waals surface area contributed by atoms with Crippen LogP contribution in [0.2, 0.25) is 0 Å². The molecule has 21 heavy (non-hydrogen) atoms. The third-order valence-corrected chi connectivity index (χ3v) is 4.04. The summed E-state index contributed by atoms with van der Waals surface area (Å²) in [5.41, 5.74) is 1.32. The van der Waals surface area contributed by atoms with Crippen LogP contribution in [0.1, 0.15) is 33.6 Å². The molecule has 0 atom stereocenters. The molecule has 1 aromatic heterocycles. The summed E-state index contributed by atoms with van der Waals surface area (Å²) in [6.07, 6.45) is -3.96. The summed E-state index contributed by atoms with van der Waals surface area (Å²) in [7, 11) is 0. The minimum absolute atomic E-state index is 0.205. The lowest BCUT2D eigenvalue weighted by Crippen LogP contribution is -2.15. The molecule has 1 heterocycles. The van der Waals surface area contributed by atoms with Crippen LogP contribution in [0.3, 0.4) is 0 Å². The van der Waals surface area contributed by atoms with Gasteiger partial charge in [0.25, 0.3) is 0 Å². The van der Waals surface area contributed by atoms with Gasteiger partial charge in [-0.3, -0.25) is 0 Å². The van der Waals surface area contributed by atoms with Crippen LogP contribution in [-0.4, -0.2) is 11.5 Å². The zero-order valence-electron chi connectivity index (χ0n) is 11.9. The Balaban J connectivity index is 2.26. The van der Waals surface area contributed by atoms with E-state index >= 15 is 0 Å². The maximum atomic E-state index is 13.0. The van der Waals surface area contributed by atoms with Crippen molar-refractivity contribution in [1.29, 1.82) is 0 Å². The van der Waals surface area contributed by atoms with Gasteiger partial charge in [0.15, 0.2) is 5.69 Å². The fraction of sp³-hybridized carbons (Fsp3) is 0.400. The number of benzene rings is 1. The summed E-state index contributed by atoms with van der Waals surface area (Å²) in [5.74, 6) is 0. The molecule has 6 heteroatoms. The van der Waals surface area contributed by atoms with Crippen LogP contribution in [-0.2, 0) is 19.1 Å². The van der Waals surface area contributed by atoms with E-state index in [0.29, 0.717) is 18.0 Å². The summed E-state index contributed by atoms with van der Waals surface area (Å²) >= 11 is 1.13. The van der Waals surface area contributed by atoms with Crippen LogP contribution in [0.4, 0.5) is 13.2 Å². The molecule has 0 radical (unpaired) electrons. The van der Waals surface area contributed by atoms with Crippen molar-refractivity contribution in [3.63, 3.8) is 0 Å². The Morgan fingerprint density at radius 3 is 2.67 bits per heavy atom. The van der Waals surface area contributed by atoms with Gasteiger partial charge in [-0.15, -0.1) is 11.3 Å². The lowest BCUT2D eigenvalue weighted by molar-refractivity contribution is -0.141. The number of aryl methyl sites for hydroxylation is 1. The van der Waals surface area contributed by atoms with Gasteiger partial charge in [-0.1, -0.05) is 36.8 Å². The number of thiazole rings is 1. The highest BCUT2D eigenvalue weighted by atomic mass is 32.1. The van der Waals surface area contributed by atoms with E-state index in [1.54, 1.807) is 0 Å². The molecule has 0 aliphatic rings. The number of halogens is 3. The summed E-state index contributed by atoms with van der Waals surface area (Å²) in [5, 5.41) is 3.43. The molecule has 0 aliphatic heterocycles. The third kappa shape index (κ3) is 4.28. The predicted molar refractivity (Wildman–Crippen MR) is 78.5 cm³/mol. The van der Waals surface area contributed by atoms with Crippen LogP contribution in [0.15, 0.2) is 24.3 Å². The Morgan fingerprint density at radius 2 is 2.05 bits per heavy atom. The highest BCUT2D eigenvalue weighted by molar-refractivity contribution is 7.11. The average molecular weight is 314 g/mol. The fourth-order valence-corrected chi connectivity index (χ4v) is 3.15. The van der Waals surface area contributed by atoms with Gasteiger partial charge in [0.2, 0.25) is 0 Å². The zero-order chi connectivity index (χ0) is 15.5. The van der Waals surface area contributed by atoms with Crippen LogP contribution >= 0.6 is 11.3 Å². The van der Waals surface area contributed by atoms with Crippen molar-refractivity contribution in [3.8, 4) is 0 Å². The largest absolute Gasteiger partial charge is 0.434 e. The first kappa shape index (κ1) is 16.0. The quantitative estimate of drug-likeness (QED) is 0.896. The van der Waals surface area contributed by atoms with Crippen molar-refractivity contribution in [3.05, 3.63) is 51.0 Å². The molecule has 0 amide bonds. The van der Waals surface area contributed by atoms with Gasteiger partial charge in [-0.2, -0.15) is 13.2 Å². The number of nitrogens with one attached hydrogen (secondary N) is 1. The van der Waals surface area contributed by atoms with Crippen molar-refractivity contribution in [2.75, 3.05) is 6.54 Å². The molecule has 1 N–H and O–H groups in total. The Bertz CT molecular complexity index is 605. The van der Waals surface area contributed by atoms with Crippen LogP contribution in [0, 0.1) is 6.92 Å². The van der Waals surface area contributed by atoms with E-state index in [0.717, 1.165) is 22.5 Å². The fourth-order valence-electron chi connectivity index (χ4n) is 2.05. The molecule has 1 aromatic carbocycles. The number of rotatable bonds is 5. The molecule has 0 saturated heterocycles. The zero-order valence-corrected chi connectivity index (χ0v) is 12.7. The maximum Gasteiger partial charge on any atom is 0.434 e. The summed E-state index contributed by atoms with van der Waals surface area (Å²) in [6, 6.07) is 7.75. The molecule has 2 nitrogen and oxygen atoms in total. The number of nitrogens with zero attached hydrogens (tertiary/aromatic N) is 1. The van der Waals surface area contributed by atoms with E-state index in [4.69, 9.17) is 0 Å². The van der Waals surface area contributed by atoms with E-state index in [2.05, 4.69) is 10.3 Å². The van der Waals surface area contributed by atoms with E-state index < -0.39 is 11.9 Å². The first-order chi connectivity index (χ1) is 9.90. The van der Waals surface area contributed by atoms with Gasteiger partial charge < -0.3 is 5.32 Å². The summed E-state index contributed by atoms with van der Waals surface area (Å²) in [4.78, 5) is 4.07. The highest BCUT2D eigenvalue weighted by Crippen LogP contribution is 2.35.